The maximum Gasteiger partial charge on any atom is 0.252 e. The van der Waals surface area contributed by atoms with E-state index in [-0.39, 0.29) is 28.4 Å². The maximum atomic E-state index is 2.62. The molecule has 366 valence electrons. The zero-order valence-electron chi connectivity index (χ0n) is 45.4. The molecule has 0 atom stereocenters. The third kappa shape index (κ3) is 7.97. The first kappa shape index (κ1) is 47.4. The summed E-state index contributed by atoms with van der Waals surface area (Å²) >= 11 is 0. The summed E-state index contributed by atoms with van der Waals surface area (Å²) in [5, 5.41) is 2.46. The summed E-state index contributed by atoms with van der Waals surface area (Å²) in [4.78, 5) is 5.24. The van der Waals surface area contributed by atoms with Gasteiger partial charge in [-0.25, -0.2) is 0 Å². The van der Waals surface area contributed by atoms with Crippen molar-refractivity contribution in [3.8, 4) is 27.9 Å². The van der Waals surface area contributed by atoms with Crippen molar-refractivity contribution in [2.75, 3.05) is 9.80 Å². The van der Waals surface area contributed by atoms with Crippen LogP contribution in [0.3, 0.4) is 0 Å². The topological polar surface area (TPSA) is 11.4 Å². The fraction of sp³-hybridized carbons (Fsp3) is 0.229. The number of rotatable bonds is 5. The summed E-state index contributed by atoms with van der Waals surface area (Å²) in [6, 6.07) is 74.1. The lowest BCUT2D eigenvalue weighted by Gasteiger charge is -2.45. The number of benzene rings is 9. The Kier molecular flexibility index (Phi) is 10.9. The first-order chi connectivity index (χ1) is 35.2. The predicted octanol–water partition coefficient (Wildman–Crippen LogP) is 17.4. The molecule has 0 saturated carbocycles. The number of hydrogen-bond donors (Lipinski definition) is 0. The Balaban J connectivity index is 1.26. The molecular weight excluding hydrogens is 894 g/mol. The van der Waals surface area contributed by atoms with E-state index in [1.54, 1.807) is 0 Å². The molecule has 2 aliphatic rings. The van der Waals surface area contributed by atoms with Crippen LogP contribution in [0.25, 0.3) is 49.7 Å². The molecule has 2 aliphatic heterocycles. The molecule has 10 aromatic rings. The van der Waals surface area contributed by atoms with Crippen molar-refractivity contribution < 1.29 is 0 Å². The Hall–Kier alpha value is -7.56. The smallest absolute Gasteiger partial charge is 0.252 e. The SMILES string of the molecule is CC(C)(C)c1cc(N2c3ccccc3B3c4ccccc4N(c4cc(C(C)(C)C)cc(C(C)(C)C)c4)c4cc(-n5c6cc(-c7ccccc7)ccc6c6ccc(-c7ccccc7)cc65)cc2c43)cc(C(C)(C)C)c1. The van der Waals surface area contributed by atoms with E-state index >= 15 is 0 Å². The summed E-state index contributed by atoms with van der Waals surface area (Å²) < 4.78 is 2.57. The molecule has 9 aromatic carbocycles. The monoisotopic (exact) mass is 962 g/mol. The number of hydrogen-bond acceptors (Lipinski definition) is 2. The van der Waals surface area contributed by atoms with Crippen LogP contribution in [0.2, 0.25) is 0 Å². The molecule has 0 fully saturated rings. The van der Waals surface area contributed by atoms with Crippen LogP contribution in [0.15, 0.2) is 194 Å². The molecule has 0 radical (unpaired) electrons. The van der Waals surface area contributed by atoms with Crippen LogP contribution < -0.4 is 26.2 Å². The van der Waals surface area contributed by atoms with Gasteiger partial charge >= 0.3 is 0 Å². The van der Waals surface area contributed by atoms with E-state index in [1.807, 2.05) is 0 Å². The standard InChI is InChI=1S/C70H68BN3/c1-67(2,3)49-37-50(68(4,5)6)40-53(39-49)72-60-29-21-19-27-58(60)71-59-28-20-22-30-61(59)73(54-41-51(69(7,8)9)38-52(42-54)70(10,11)12)65-44-55(43-64(72)66(65)71)74-62-35-47(45-23-15-13-16-24-45)31-33-56(62)57-34-32-48(36-63(57)74)46-25-17-14-18-26-46/h13-44H,1-12H3. The lowest BCUT2D eigenvalue weighted by atomic mass is 9.33. The number of nitrogens with zero attached hydrogens (tertiary/aromatic N) is 3. The van der Waals surface area contributed by atoms with Crippen LogP contribution in [0.4, 0.5) is 34.1 Å². The zero-order valence-corrected chi connectivity index (χ0v) is 45.4. The largest absolute Gasteiger partial charge is 0.311 e. The molecule has 0 bridgehead atoms. The van der Waals surface area contributed by atoms with Gasteiger partial charge in [0.25, 0.3) is 6.71 Å². The van der Waals surface area contributed by atoms with Crippen molar-refractivity contribution in [2.24, 2.45) is 0 Å². The average molecular weight is 962 g/mol. The van der Waals surface area contributed by atoms with Gasteiger partial charge in [-0.1, -0.05) is 217 Å². The van der Waals surface area contributed by atoms with Crippen molar-refractivity contribution in [1.29, 1.82) is 0 Å². The fourth-order valence-electron chi connectivity index (χ4n) is 11.7. The Morgan fingerprint density at radius 1 is 0.297 bits per heavy atom. The molecule has 3 heterocycles. The minimum atomic E-state index is -0.0798. The van der Waals surface area contributed by atoms with Gasteiger partial charge in [-0.2, -0.15) is 0 Å². The molecule has 0 unspecified atom stereocenters. The molecule has 0 aliphatic carbocycles. The number of fused-ring (bicyclic) bond motifs is 7. The summed E-state index contributed by atoms with van der Waals surface area (Å²) in [5.41, 5.74) is 24.4. The van der Waals surface area contributed by atoms with Crippen LogP contribution >= 0.6 is 0 Å². The zero-order chi connectivity index (χ0) is 51.6. The third-order valence-corrected chi connectivity index (χ3v) is 15.9. The van der Waals surface area contributed by atoms with Gasteiger partial charge in [-0.05, 0) is 143 Å². The molecule has 0 N–H and O–H groups in total. The van der Waals surface area contributed by atoms with Gasteiger partial charge in [0, 0.05) is 44.9 Å². The van der Waals surface area contributed by atoms with Gasteiger partial charge in [-0.15, -0.1) is 0 Å². The van der Waals surface area contributed by atoms with Crippen LogP contribution in [-0.2, 0) is 21.7 Å². The lowest BCUT2D eigenvalue weighted by molar-refractivity contribution is 0.568. The molecule has 0 amide bonds. The highest BCUT2D eigenvalue weighted by atomic mass is 15.2. The Labute approximate surface area is 440 Å². The average Bonchev–Trinajstić information content (AvgIpc) is 3.70. The van der Waals surface area contributed by atoms with Gasteiger partial charge in [0.1, 0.15) is 0 Å². The second kappa shape index (κ2) is 17.0. The highest BCUT2D eigenvalue weighted by molar-refractivity contribution is 7.00. The summed E-state index contributed by atoms with van der Waals surface area (Å²) in [6.07, 6.45) is 0. The lowest BCUT2D eigenvalue weighted by Crippen LogP contribution is -2.61. The van der Waals surface area contributed by atoms with Crippen molar-refractivity contribution in [1.82, 2.24) is 4.57 Å². The van der Waals surface area contributed by atoms with Crippen molar-refractivity contribution in [3.63, 3.8) is 0 Å². The van der Waals surface area contributed by atoms with Gasteiger partial charge in [-0.3, -0.25) is 0 Å². The van der Waals surface area contributed by atoms with E-state index in [0.717, 1.165) is 5.69 Å². The number of aromatic nitrogens is 1. The van der Waals surface area contributed by atoms with E-state index in [9.17, 15) is 0 Å². The van der Waals surface area contributed by atoms with Gasteiger partial charge < -0.3 is 14.4 Å². The molecule has 0 saturated heterocycles. The Bertz CT molecular complexity index is 3520. The molecular formula is C70H68BN3. The van der Waals surface area contributed by atoms with Crippen LogP contribution in [0.5, 0.6) is 0 Å². The molecule has 74 heavy (non-hydrogen) atoms. The first-order valence-corrected chi connectivity index (χ1v) is 26.7. The van der Waals surface area contributed by atoms with E-state index in [0.29, 0.717) is 0 Å². The molecule has 12 rings (SSSR count). The van der Waals surface area contributed by atoms with Gasteiger partial charge in [0.15, 0.2) is 0 Å². The van der Waals surface area contributed by atoms with E-state index in [1.165, 1.54) is 117 Å². The predicted molar refractivity (Wildman–Crippen MR) is 320 cm³/mol. The van der Waals surface area contributed by atoms with Crippen molar-refractivity contribution in [2.45, 2.75) is 105 Å². The van der Waals surface area contributed by atoms with E-state index in [2.05, 4.69) is 292 Å². The van der Waals surface area contributed by atoms with Crippen LogP contribution in [0.1, 0.15) is 105 Å². The Morgan fingerprint density at radius 3 is 1.01 bits per heavy atom. The second-order valence-corrected chi connectivity index (χ2v) is 25.2. The van der Waals surface area contributed by atoms with Gasteiger partial charge in [0.2, 0.25) is 0 Å². The van der Waals surface area contributed by atoms with Crippen LogP contribution in [-0.4, -0.2) is 11.3 Å². The third-order valence-electron chi connectivity index (χ3n) is 15.9. The van der Waals surface area contributed by atoms with Crippen molar-refractivity contribution >= 4 is 79.0 Å². The van der Waals surface area contributed by atoms with E-state index < -0.39 is 0 Å². The highest BCUT2D eigenvalue weighted by Gasteiger charge is 2.44. The molecule has 3 nitrogen and oxygen atoms in total. The highest BCUT2D eigenvalue weighted by Crippen LogP contribution is 2.49. The number of anilines is 6. The van der Waals surface area contributed by atoms with Crippen LogP contribution in [0, 0.1) is 0 Å². The van der Waals surface area contributed by atoms with Gasteiger partial charge in [0.05, 0.1) is 16.7 Å². The quantitative estimate of drug-likeness (QED) is 0.159. The summed E-state index contributed by atoms with van der Waals surface area (Å²) in [7, 11) is 0. The number of para-hydroxylation sites is 2. The molecule has 1 aromatic heterocycles. The second-order valence-electron chi connectivity index (χ2n) is 25.2. The molecule has 4 heteroatoms. The summed E-state index contributed by atoms with van der Waals surface area (Å²) in [6.45, 7) is 28.2. The molecule has 0 spiro atoms. The van der Waals surface area contributed by atoms with E-state index in [4.69, 9.17) is 0 Å². The minimum Gasteiger partial charge on any atom is -0.311 e. The normalized spacial score (nSPS) is 13.6. The van der Waals surface area contributed by atoms with Crippen molar-refractivity contribution in [3.05, 3.63) is 216 Å². The summed E-state index contributed by atoms with van der Waals surface area (Å²) in [5.74, 6) is 0. The Morgan fingerprint density at radius 2 is 0.649 bits per heavy atom. The fourth-order valence-corrected chi connectivity index (χ4v) is 11.7. The minimum absolute atomic E-state index is 0.0118. The maximum absolute atomic E-state index is 2.62. The first-order valence-electron chi connectivity index (χ1n) is 26.7.